The van der Waals surface area contributed by atoms with Crippen molar-refractivity contribution in [1.82, 2.24) is 10.6 Å². The monoisotopic (exact) mass is 294 g/mol. The van der Waals surface area contributed by atoms with Crippen LogP contribution < -0.4 is 10.6 Å². The van der Waals surface area contributed by atoms with Gasteiger partial charge >= 0.3 is 0 Å². The number of hydrogen-bond donors (Lipinski definition) is 2. The molecule has 110 valence electrons. The number of carbonyl (C=O) groups is 1. The minimum Gasteiger partial charge on any atom is -0.348 e. The third kappa shape index (κ3) is 3.84. The van der Waals surface area contributed by atoms with Gasteiger partial charge in [-0.2, -0.15) is 0 Å². The average molecular weight is 295 g/mol. The van der Waals surface area contributed by atoms with Crippen LogP contribution in [0.3, 0.4) is 0 Å². The number of hydrogen-bond acceptors (Lipinski definition) is 2. The van der Waals surface area contributed by atoms with Crippen LogP contribution in [0.4, 0.5) is 0 Å². The van der Waals surface area contributed by atoms with Gasteiger partial charge in [0.15, 0.2) is 0 Å². The molecule has 0 radical (unpaired) electrons. The van der Waals surface area contributed by atoms with E-state index in [4.69, 9.17) is 0 Å². The van der Waals surface area contributed by atoms with Gasteiger partial charge in [-0.05, 0) is 33.3 Å². The van der Waals surface area contributed by atoms with E-state index in [9.17, 15) is 4.79 Å². The fourth-order valence-electron chi connectivity index (χ4n) is 2.67. The number of rotatable bonds is 3. The molecule has 20 heavy (non-hydrogen) atoms. The second-order valence-electron chi connectivity index (χ2n) is 6.20. The molecule has 2 rings (SSSR count). The first-order chi connectivity index (χ1) is 8.80. The van der Waals surface area contributed by atoms with E-state index in [-0.39, 0.29) is 29.4 Å². The lowest BCUT2D eigenvalue weighted by molar-refractivity contribution is -0.118. The summed E-state index contributed by atoms with van der Waals surface area (Å²) in [5.41, 5.74) is 1.50. The molecule has 0 atom stereocenters. The van der Waals surface area contributed by atoms with Crippen molar-refractivity contribution >= 4 is 18.3 Å². The summed E-state index contributed by atoms with van der Waals surface area (Å²) in [6.45, 7) is 8.79. The van der Waals surface area contributed by atoms with E-state index < -0.39 is 0 Å². The second-order valence-corrected chi connectivity index (χ2v) is 6.20. The summed E-state index contributed by atoms with van der Waals surface area (Å²) in [7, 11) is 0. The first kappa shape index (κ1) is 16.7. The normalized spacial score (nSPS) is 18.9. The highest BCUT2D eigenvalue weighted by Crippen LogP contribution is 2.29. The summed E-state index contributed by atoms with van der Waals surface area (Å²) in [5.74, 6) is 0.00641. The van der Waals surface area contributed by atoms with Crippen LogP contribution in [0.2, 0.25) is 0 Å². The second kappa shape index (κ2) is 5.98. The molecule has 0 saturated carbocycles. The van der Waals surface area contributed by atoms with Crippen LogP contribution in [-0.2, 0) is 11.3 Å². The zero-order chi connectivity index (χ0) is 14.1. The van der Waals surface area contributed by atoms with Crippen molar-refractivity contribution in [2.45, 2.75) is 45.3 Å². The number of nitrogens with one attached hydrogen (secondary N) is 2. The molecule has 0 aliphatic carbocycles. The van der Waals surface area contributed by atoms with Gasteiger partial charge in [0.25, 0.3) is 0 Å². The number of halogens is 1. The Kier molecular flexibility index (Phi) is 5.00. The summed E-state index contributed by atoms with van der Waals surface area (Å²) in [6, 6.07) is 9.95. The highest BCUT2D eigenvalue weighted by atomic mass is 35.5. The molecular weight excluding hydrogens is 272 g/mol. The van der Waals surface area contributed by atoms with E-state index >= 15 is 0 Å². The van der Waals surface area contributed by atoms with Crippen molar-refractivity contribution in [2.75, 3.05) is 0 Å². The number of carbonyl (C=O) groups excluding carboxylic acids is 1. The molecule has 0 spiro atoms. The molecule has 1 aliphatic heterocycles. The molecule has 1 aromatic carbocycles. The Bertz CT molecular complexity index is 506. The first-order valence-electron chi connectivity index (χ1n) is 6.65. The summed E-state index contributed by atoms with van der Waals surface area (Å²) in [4.78, 5) is 12.3. The van der Waals surface area contributed by atoms with E-state index in [0.717, 1.165) is 11.1 Å². The average Bonchev–Trinajstić information content (AvgIpc) is 2.56. The molecule has 1 aromatic rings. The molecule has 0 fully saturated rings. The number of amides is 1. The third-order valence-corrected chi connectivity index (χ3v) is 3.35. The van der Waals surface area contributed by atoms with Crippen molar-refractivity contribution in [2.24, 2.45) is 0 Å². The third-order valence-electron chi connectivity index (χ3n) is 3.35. The largest absolute Gasteiger partial charge is 0.348 e. The predicted octanol–water partition coefficient (Wildman–Crippen LogP) is 2.81. The van der Waals surface area contributed by atoms with E-state index in [2.05, 4.69) is 24.5 Å². The molecule has 1 heterocycles. The van der Waals surface area contributed by atoms with Crippen LogP contribution in [-0.4, -0.2) is 17.0 Å². The SMILES string of the molecule is CC1(C)C=C(C(=O)NCc2ccccc2)C(C)(C)N1.Cl. The minimum absolute atomic E-state index is 0. The van der Waals surface area contributed by atoms with Crippen LogP contribution in [0.5, 0.6) is 0 Å². The molecule has 3 nitrogen and oxygen atoms in total. The zero-order valence-corrected chi connectivity index (χ0v) is 13.3. The van der Waals surface area contributed by atoms with Gasteiger partial charge < -0.3 is 5.32 Å². The minimum atomic E-state index is -0.287. The Morgan fingerprint density at radius 2 is 1.75 bits per heavy atom. The van der Waals surface area contributed by atoms with Crippen molar-refractivity contribution in [3.63, 3.8) is 0 Å². The molecule has 0 aromatic heterocycles. The van der Waals surface area contributed by atoms with Crippen LogP contribution in [0.25, 0.3) is 0 Å². The highest BCUT2D eigenvalue weighted by Gasteiger charge is 2.39. The van der Waals surface area contributed by atoms with Gasteiger partial charge in [-0.25, -0.2) is 0 Å². The van der Waals surface area contributed by atoms with Crippen molar-refractivity contribution in [1.29, 1.82) is 0 Å². The molecule has 0 saturated heterocycles. The van der Waals surface area contributed by atoms with E-state index in [1.807, 2.05) is 50.3 Å². The van der Waals surface area contributed by atoms with Crippen molar-refractivity contribution in [3.05, 3.63) is 47.5 Å². The Balaban J connectivity index is 0.00000200. The van der Waals surface area contributed by atoms with Gasteiger partial charge in [-0.3, -0.25) is 10.1 Å². The molecule has 4 heteroatoms. The Morgan fingerprint density at radius 3 is 2.25 bits per heavy atom. The van der Waals surface area contributed by atoms with Gasteiger partial charge in [-0.15, -0.1) is 12.4 Å². The summed E-state index contributed by atoms with van der Waals surface area (Å²) in [6.07, 6.45) is 2.02. The maximum Gasteiger partial charge on any atom is 0.249 e. The van der Waals surface area contributed by atoms with Gasteiger partial charge in [0.05, 0.1) is 0 Å². The topological polar surface area (TPSA) is 41.1 Å². The maximum atomic E-state index is 12.3. The van der Waals surface area contributed by atoms with E-state index in [1.165, 1.54) is 0 Å². The van der Waals surface area contributed by atoms with Gasteiger partial charge in [0, 0.05) is 23.2 Å². The first-order valence-corrected chi connectivity index (χ1v) is 6.65. The quantitative estimate of drug-likeness (QED) is 0.900. The smallest absolute Gasteiger partial charge is 0.249 e. The maximum absolute atomic E-state index is 12.3. The fraction of sp³-hybridized carbons (Fsp3) is 0.438. The van der Waals surface area contributed by atoms with Gasteiger partial charge in [0.1, 0.15) is 0 Å². The fourth-order valence-corrected chi connectivity index (χ4v) is 2.67. The summed E-state index contributed by atoms with van der Waals surface area (Å²) >= 11 is 0. The molecular formula is C16H23ClN2O. The van der Waals surface area contributed by atoms with Crippen LogP contribution in [0.15, 0.2) is 42.0 Å². The lowest BCUT2D eigenvalue weighted by Gasteiger charge is -2.27. The zero-order valence-electron chi connectivity index (χ0n) is 12.5. The molecule has 2 N–H and O–H groups in total. The van der Waals surface area contributed by atoms with Crippen LogP contribution in [0, 0.1) is 0 Å². The lowest BCUT2D eigenvalue weighted by Crippen LogP contribution is -2.47. The highest BCUT2D eigenvalue weighted by molar-refractivity contribution is 5.96. The van der Waals surface area contributed by atoms with Crippen molar-refractivity contribution in [3.8, 4) is 0 Å². The molecule has 1 aliphatic rings. The Morgan fingerprint density at radius 1 is 1.15 bits per heavy atom. The lowest BCUT2D eigenvalue weighted by atomic mass is 9.96. The van der Waals surface area contributed by atoms with E-state index in [1.54, 1.807) is 0 Å². The summed E-state index contributed by atoms with van der Waals surface area (Å²) < 4.78 is 0. The molecule has 1 amide bonds. The Labute approximate surface area is 127 Å². The summed E-state index contributed by atoms with van der Waals surface area (Å²) in [5, 5.41) is 6.43. The number of benzene rings is 1. The van der Waals surface area contributed by atoms with Gasteiger partial charge in [-0.1, -0.05) is 36.4 Å². The van der Waals surface area contributed by atoms with Crippen molar-refractivity contribution < 1.29 is 4.79 Å². The van der Waals surface area contributed by atoms with Crippen LogP contribution >= 0.6 is 12.4 Å². The molecule has 0 unspecified atom stereocenters. The Hall–Kier alpha value is -1.32. The molecule has 0 bridgehead atoms. The predicted molar refractivity (Wildman–Crippen MR) is 84.9 cm³/mol. The van der Waals surface area contributed by atoms with Crippen LogP contribution in [0.1, 0.15) is 33.3 Å². The van der Waals surface area contributed by atoms with E-state index in [0.29, 0.717) is 6.54 Å². The standard InChI is InChI=1S/C16H22N2O.ClH/c1-15(2)10-13(16(3,4)18-15)14(19)17-11-12-8-6-5-7-9-12;/h5-10,18H,11H2,1-4H3,(H,17,19);1H. The van der Waals surface area contributed by atoms with Gasteiger partial charge in [0.2, 0.25) is 5.91 Å².